The van der Waals surface area contributed by atoms with E-state index in [0.29, 0.717) is 0 Å². The Balaban J connectivity index is 2.02. The van der Waals surface area contributed by atoms with Crippen molar-refractivity contribution in [3.8, 4) is 0 Å². The zero-order valence-corrected chi connectivity index (χ0v) is 14.4. The fourth-order valence-electron chi connectivity index (χ4n) is 3.87. The molecule has 1 saturated heterocycles. The summed E-state index contributed by atoms with van der Waals surface area (Å²) in [4.78, 5) is 28.6. The van der Waals surface area contributed by atoms with Crippen LogP contribution in [-0.2, 0) is 9.53 Å². The molecule has 2 rings (SSSR count). The van der Waals surface area contributed by atoms with E-state index >= 15 is 0 Å². The Morgan fingerprint density at radius 1 is 1.27 bits per heavy atom. The molecule has 0 bridgehead atoms. The van der Waals surface area contributed by atoms with E-state index in [9.17, 15) is 9.59 Å². The summed E-state index contributed by atoms with van der Waals surface area (Å²) in [7, 11) is 1.45. The first-order chi connectivity index (χ1) is 10.5. The Bertz CT molecular complexity index is 418. The van der Waals surface area contributed by atoms with Gasteiger partial charge in [0.05, 0.1) is 18.6 Å². The van der Waals surface area contributed by atoms with Gasteiger partial charge in [-0.3, -0.25) is 4.79 Å². The number of methoxy groups -OCH3 is 1. The number of carbonyl (C=O) groups excluding carboxylic acids is 2. The quantitative estimate of drug-likeness (QED) is 0.733. The van der Waals surface area contributed by atoms with Crippen LogP contribution in [0.3, 0.4) is 0 Å². The van der Waals surface area contributed by atoms with Crippen LogP contribution in [0, 0.1) is 5.92 Å². The smallest absolute Gasteiger partial charge is 0.320 e. The van der Waals surface area contributed by atoms with E-state index in [0.717, 1.165) is 51.6 Å². The average molecular weight is 310 g/mol. The topological polar surface area (TPSA) is 49.9 Å². The van der Waals surface area contributed by atoms with Crippen LogP contribution in [-0.4, -0.2) is 53.6 Å². The first-order valence-electron chi connectivity index (χ1n) is 8.63. The lowest BCUT2D eigenvalue weighted by Crippen LogP contribution is -2.44. The van der Waals surface area contributed by atoms with E-state index in [1.165, 1.54) is 7.11 Å². The third kappa shape index (κ3) is 3.08. The molecule has 0 radical (unpaired) electrons. The number of nitrogens with zero attached hydrogens (tertiary/aromatic N) is 2. The maximum Gasteiger partial charge on any atom is 0.320 e. The molecule has 1 atom stereocenters. The van der Waals surface area contributed by atoms with E-state index in [4.69, 9.17) is 4.74 Å². The normalized spacial score (nSPS) is 32.5. The van der Waals surface area contributed by atoms with Gasteiger partial charge in [0.2, 0.25) is 0 Å². The first kappa shape index (κ1) is 17.1. The second-order valence-electron chi connectivity index (χ2n) is 6.94. The minimum absolute atomic E-state index is 0.0169. The molecule has 2 aliphatic rings. The van der Waals surface area contributed by atoms with Crippen molar-refractivity contribution in [2.45, 2.75) is 70.9 Å². The molecule has 0 unspecified atom stereocenters. The van der Waals surface area contributed by atoms with Crippen molar-refractivity contribution in [3.63, 3.8) is 0 Å². The molecule has 5 nitrogen and oxygen atoms in total. The molecule has 5 heteroatoms. The Kier molecular flexibility index (Phi) is 5.35. The number of amides is 2. The molecule has 1 heterocycles. The van der Waals surface area contributed by atoms with Crippen LogP contribution in [0.1, 0.15) is 59.3 Å². The predicted octanol–water partition coefficient (Wildman–Crippen LogP) is 3.03. The molecular formula is C17H30N2O3. The third-order valence-corrected chi connectivity index (χ3v) is 5.52. The van der Waals surface area contributed by atoms with Crippen molar-refractivity contribution in [2.24, 2.45) is 5.92 Å². The Hall–Kier alpha value is -1.26. The van der Waals surface area contributed by atoms with Gasteiger partial charge >= 0.3 is 12.0 Å². The molecule has 0 spiro atoms. The van der Waals surface area contributed by atoms with Crippen LogP contribution >= 0.6 is 0 Å². The fourth-order valence-corrected chi connectivity index (χ4v) is 3.87. The molecule has 1 aliphatic carbocycles. The summed E-state index contributed by atoms with van der Waals surface area (Å²) in [5.41, 5.74) is -0.0493. The molecule has 2 fully saturated rings. The number of hydrogen-bond acceptors (Lipinski definition) is 3. The van der Waals surface area contributed by atoms with Gasteiger partial charge in [0.25, 0.3) is 0 Å². The van der Waals surface area contributed by atoms with Crippen LogP contribution in [0.5, 0.6) is 0 Å². The summed E-state index contributed by atoms with van der Waals surface area (Å²) in [5, 5.41) is 0. The highest BCUT2D eigenvalue weighted by Crippen LogP contribution is 2.36. The SMILES string of the molecule is CCCN1C(=O)N([C@H]2CC[C@H](C(=O)OC)CC2)C[C@]1(C)CC. The number of ether oxygens (including phenoxy) is 1. The molecule has 1 saturated carbocycles. The van der Waals surface area contributed by atoms with E-state index in [1.807, 2.05) is 0 Å². The molecule has 0 aromatic rings. The average Bonchev–Trinajstić information content (AvgIpc) is 2.80. The van der Waals surface area contributed by atoms with E-state index in [2.05, 4.69) is 30.6 Å². The van der Waals surface area contributed by atoms with Gasteiger partial charge in [0, 0.05) is 19.1 Å². The third-order valence-electron chi connectivity index (χ3n) is 5.52. The number of esters is 1. The lowest BCUT2D eigenvalue weighted by Gasteiger charge is -2.33. The molecule has 126 valence electrons. The minimum atomic E-state index is -0.0998. The van der Waals surface area contributed by atoms with Gasteiger partial charge in [-0.2, -0.15) is 0 Å². The van der Waals surface area contributed by atoms with Crippen LogP contribution in [0.25, 0.3) is 0 Å². The summed E-state index contributed by atoms with van der Waals surface area (Å²) >= 11 is 0. The molecule has 0 aromatic carbocycles. The van der Waals surface area contributed by atoms with Crippen molar-refractivity contribution in [3.05, 3.63) is 0 Å². The van der Waals surface area contributed by atoms with Gasteiger partial charge in [-0.25, -0.2) is 4.79 Å². The largest absolute Gasteiger partial charge is 0.469 e. The molecule has 0 aromatic heterocycles. The highest BCUT2D eigenvalue weighted by Gasteiger charge is 2.47. The second-order valence-corrected chi connectivity index (χ2v) is 6.94. The second kappa shape index (κ2) is 6.88. The number of urea groups is 1. The van der Waals surface area contributed by atoms with Gasteiger partial charge in [-0.15, -0.1) is 0 Å². The maximum absolute atomic E-state index is 12.8. The van der Waals surface area contributed by atoms with Crippen LogP contribution < -0.4 is 0 Å². The molecular weight excluding hydrogens is 280 g/mol. The van der Waals surface area contributed by atoms with Crippen molar-refractivity contribution >= 4 is 12.0 Å². The Labute approximate surface area is 134 Å². The summed E-state index contributed by atoms with van der Waals surface area (Å²) in [5.74, 6) is -0.0829. The van der Waals surface area contributed by atoms with Crippen LogP contribution in [0.2, 0.25) is 0 Å². The highest BCUT2D eigenvalue weighted by atomic mass is 16.5. The van der Waals surface area contributed by atoms with Gasteiger partial charge in [0.1, 0.15) is 0 Å². The van der Waals surface area contributed by atoms with E-state index < -0.39 is 0 Å². The van der Waals surface area contributed by atoms with Crippen LogP contribution in [0.15, 0.2) is 0 Å². The van der Waals surface area contributed by atoms with E-state index in [1.54, 1.807) is 0 Å². The zero-order chi connectivity index (χ0) is 16.3. The molecule has 1 aliphatic heterocycles. The monoisotopic (exact) mass is 310 g/mol. The van der Waals surface area contributed by atoms with Crippen LogP contribution in [0.4, 0.5) is 4.79 Å². The zero-order valence-electron chi connectivity index (χ0n) is 14.4. The summed E-state index contributed by atoms with van der Waals surface area (Å²) < 4.78 is 4.84. The Morgan fingerprint density at radius 2 is 1.91 bits per heavy atom. The van der Waals surface area contributed by atoms with Crippen molar-refractivity contribution in [1.29, 1.82) is 0 Å². The summed E-state index contributed by atoms with van der Waals surface area (Å²) in [6.45, 7) is 8.12. The van der Waals surface area contributed by atoms with E-state index in [-0.39, 0.29) is 29.5 Å². The van der Waals surface area contributed by atoms with Gasteiger partial charge < -0.3 is 14.5 Å². The first-order valence-corrected chi connectivity index (χ1v) is 8.63. The van der Waals surface area contributed by atoms with Gasteiger partial charge in [0.15, 0.2) is 0 Å². The van der Waals surface area contributed by atoms with Gasteiger partial charge in [-0.05, 0) is 45.4 Å². The summed E-state index contributed by atoms with van der Waals surface area (Å²) in [6, 6.07) is 0.467. The minimum Gasteiger partial charge on any atom is -0.469 e. The van der Waals surface area contributed by atoms with Gasteiger partial charge in [-0.1, -0.05) is 13.8 Å². The van der Waals surface area contributed by atoms with Crippen molar-refractivity contribution in [1.82, 2.24) is 9.80 Å². The predicted molar refractivity (Wildman–Crippen MR) is 85.6 cm³/mol. The summed E-state index contributed by atoms with van der Waals surface area (Å²) in [6.07, 6.45) is 5.45. The Morgan fingerprint density at radius 3 is 2.41 bits per heavy atom. The standard InChI is InChI=1S/C17H30N2O3/c1-5-11-19-16(21)18(12-17(19,3)6-2)14-9-7-13(8-10-14)15(20)22-4/h13-14H,5-12H2,1-4H3/t13-,14-,17-/m0/s1. The lowest BCUT2D eigenvalue weighted by atomic mass is 9.85. The fraction of sp³-hybridized carbons (Fsp3) is 0.882. The molecule has 0 N–H and O–H groups in total. The van der Waals surface area contributed by atoms with Crippen molar-refractivity contribution < 1.29 is 14.3 Å². The maximum atomic E-state index is 12.8. The molecule has 22 heavy (non-hydrogen) atoms. The highest BCUT2D eigenvalue weighted by molar-refractivity contribution is 5.78. The number of rotatable bonds is 5. The van der Waals surface area contributed by atoms with Crippen molar-refractivity contribution in [2.75, 3.05) is 20.2 Å². The molecule has 2 amide bonds. The lowest BCUT2D eigenvalue weighted by molar-refractivity contribution is -0.146. The number of carbonyl (C=O) groups is 2. The number of hydrogen-bond donors (Lipinski definition) is 0.